The molecule has 1 aliphatic heterocycles. The predicted octanol–water partition coefficient (Wildman–Crippen LogP) is 14.9. The van der Waals surface area contributed by atoms with E-state index >= 15 is 0 Å². The van der Waals surface area contributed by atoms with E-state index in [1.807, 2.05) is 22.7 Å². The monoisotopic (exact) mass is 692 g/mol. The van der Waals surface area contributed by atoms with Crippen molar-refractivity contribution in [3.8, 4) is 15.5 Å². The highest BCUT2D eigenvalue weighted by atomic mass is 79.9. The standard InChI is InChI=1S/C39H65BrOS2/c1-28(2)13-9-15-30(5)17-11-19-32(7)21-24-39(25-22-33(8)20-12-18-31(6)16-10-14-29(3)4)34-27-36(40)43-37(34)38-35(41-39)23-26-42-38/h23,26-33H,9-22,24-25H2,1-8H3/t30?,31?,32-,33?,39?/m0/s1. The van der Waals surface area contributed by atoms with E-state index < -0.39 is 0 Å². The Morgan fingerprint density at radius 2 is 1.07 bits per heavy atom. The molecule has 1 aliphatic rings. The lowest BCUT2D eigenvalue weighted by molar-refractivity contribution is 0.0323. The van der Waals surface area contributed by atoms with Gasteiger partial charge in [0.2, 0.25) is 0 Å². The molecule has 0 radical (unpaired) electrons. The molecule has 3 rings (SSSR count). The second kappa shape index (κ2) is 18.7. The molecule has 0 N–H and O–H groups in total. The third-order valence-corrected chi connectivity index (χ3v) is 12.9. The summed E-state index contributed by atoms with van der Waals surface area (Å²) in [7, 11) is 0. The van der Waals surface area contributed by atoms with Crippen molar-refractivity contribution >= 4 is 38.6 Å². The van der Waals surface area contributed by atoms with Crippen LogP contribution in [-0.2, 0) is 5.60 Å². The zero-order chi connectivity index (χ0) is 31.4. The van der Waals surface area contributed by atoms with E-state index in [2.05, 4.69) is 88.8 Å². The summed E-state index contributed by atoms with van der Waals surface area (Å²) in [5.41, 5.74) is 1.26. The summed E-state index contributed by atoms with van der Waals surface area (Å²) in [5.74, 6) is 6.02. The fourth-order valence-electron chi connectivity index (χ4n) is 7.09. The van der Waals surface area contributed by atoms with Gasteiger partial charge in [0.05, 0.1) is 13.5 Å². The average molecular weight is 694 g/mol. The summed E-state index contributed by atoms with van der Waals surface area (Å²) in [6.45, 7) is 19.3. The first kappa shape index (κ1) is 37.1. The van der Waals surface area contributed by atoms with Crippen molar-refractivity contribution in [3.05, 3.63) is 26.9 Å². The number of fused-ring (bicyclic) bond motifs is 3. The molecule has 246 valence electrons. The first-order valence-electron chi connectivity index (χ1n) is 18.1. The predicted molar refractivity (Wildman–Crippen MR) is 198 cm³/mol. The third-order valence-electron chi connectivity index (χ3n) is 10.2. The topological polar surface area (TPSA) is 9.23 Å². The molecule has 2 aromatic rings. The Bertz CT molecular complexity index is 1000. The summed E-state index contributed by atoms with van der Waals surface area (Å²) in [5, 5.41) is 2.22. The Labute approximate surface area is 283 Å². The minimum absolute atomic E-state index is 0.192. The Hall–Kier alpha value is -0.320. The quantitative estimate of drug-likeness (QED) is 0.119. The molecule has 3 heterocycles. The zero-order valence-corrected chi connectivity index (χ0v) is 32.3. The molecule has 0 saturated carbocycles. The van der Waals surface area contributed by atoms with Crippen molar-refractivity contribution in [2.24, 2.45) is 35.5 Å². The van der Waals surface area contributed by atoms with Gasteiger partial charge in [-0.2, -0.15) is 0 Å². The minimum Gasteiger partial charge on any atom is -0.481 e. The van der Waals surface area contributed by atoms with E-state index in [9.17, 15) is 0 Å². The Morgan fingerprint density at radius 3 is 1.53 bits per heavy atom. The van der Waals surface area contributed by atoms with Crippen LogP contribution in [0, 0.1) is 35.5 Å². The van der Waals surface area contributed by atoms with Crippen molar-refractivity contribution in [2.75, 3.05) is 0 Å². The van der Waals surface area contributed by atoms with Gasteiger partial charge < -0.3 is 4.74 Å². The van der Waals surface area contributed by atoms with Gasteiger partial charge in [-0.25, -0.2) is 0 Å². The maximum absolute atomic E-state index is 7.11. The fourth-order valence-corrected chi connectivity index (χ4v) is 9.76. The van der Waals surface area contributed by atoms with Gasteiger partial charge >= 0.3 is 0 Å². The Kier molecular flexibility index (Phi) is 16.2. The number of rotatable bonds is 22. The van der Waals surface area contributed by atoms with E-state index in [0.717, 1.165) is 54.1 Å². The summed E-state index contributed by atoms with van der Waals surface area (Å²) in [6, 6.07) is 4.62. The molecule has 2 aromatic heterocycles. The fraction of sp³-hybridized carbons (Fsp3) is 0.795. The largest absolute Gasteiger partial charge is 0.481 e. The van der Waals surface area contributed by atoms with Gasteiger partial charge in [0.25, 0.3) is 0 Å². The van der Waals surface area contributed by atoms with Crippen LogP contribution in [0.2, 0.25) is 0 Å². The average Bonchev–Trinajstić information content (AvgIpc) is 3.56. The molecule has 0 saturated heterocycles. The van der Waals surface area contributed by atoms with Gasteiger partial charge in [-0.1, -0.05) is 132 Å². The maximum Gasteiger partial charge on any atom is 0.140 e. The first-order chi connectivity index (χ1) is 20.5. The van der Waals surface area contributed by atoms with Crippen LogP contribution in [-0.4, -0.2) is 0 Å². The molecule has 0 aliphatic carbocycles. The molecule has 0 amide bonds. The number of ether oxygens (including phenoxy) is 1. The molecule has 43 heavy (non-hydrogen) atoms. The minimum atomic E-state index is -0.192. The SMILES string of the molecule is CC(C)CCCC(C)CCCC(C)CCC1(CC[C@@H](C)CCCC(C)CCCC(C)C)Oc2ccsc2-c2sc(Br)cc21. The highest BCUT2D eigenvalue weighted by Gasteiger charge is 2.42. The van der Waals surface area contributed by atoms with Crippen molar-refractivity contribution in [2.45, 2.75) is 164 Å². The van der Waals surface area contributed by atoms with Gasteiger partial charge in [-0.05, 0) is 94.6 Å². The normalized spacial score (nSPS) is 19.2. The van der Waals surface area contributed by atoms with Crippen molar-refractivity contribution in [1.82, 2.24) is 0 Å². The lowest BCUT2D eigenvalue weighted by Crippen LogP contribution is -2.36. The highest BCUT2D eigenvalue weighted by molar-refractivity contribution is 9.11. The molecular weight excluding hydrogens is 628 g/mol. The van der Waals surface area contributed by atoms with E-state index in [1.54, 1.807) is 0 Å². The number of hydrogen-bond acceptors (Lipinski definition) is 3. The molecule has 1 nitrogen and oxygen atoms in total. The second-order valence-corrected chi connectivity index (χ2v) is 18.9. The van der Waals surface area contributed by atoms with E-state index in [0.29, 0.717) is 0 Å². The highest BCUT2D eigenvalue weighted by Crippen LogP contribution is 2.55. The molecular formula is C39H65BrOS2. The number of halogens is 1. The molecule has 0 bridgehead atoms. The van der Waals surface area contributed by atoms with Crippen molar-refractivity contribution < 1.29 is 4.74 Å². The molecule has 0 spiro atoms. The number of thiophene rings is 2. The van der Waals surface area contributed by atoms with Crippen LogP contribution in [0.5, 0.6) is 5.75 Å². The van der Waals surface area contributed by atoms with Crippen LogP contribution >= 0.6 is 38.6 Å². The molecule has 4 heteroatoms. The van der Waals surface area contributed by atoms with Gasteiger partial charge in [-0.15, -0.1) is 22.7 Å². The van der Waals surface area contributed by atoms with E-state index in [1.165, 1.54) is 109 Å². The van der Waals surface area contributed by atoms with Crippen molar-refractivity contribution in [1.29, 1.82) is 0 Å². The summed E-state index contributed by atoms with van der Waals surface area (Å²) in [6.07, 6.45) is 21.3. The van der Waals surface area contributed by atoms with Crippen molar-refractivity contribution in [3.63, 3.8) is 0 Å². The Balaban J connectivity index is 1.56. The molecule has 4 unspecified atom stereocenters. The second-order valence-electron chi connectivity index (χ2n) is 15.5. The number of hydrogen-bond donors (Lipinski definition) is 0. The van der Waals surface area contributed by atoms with Crippen LogP contribution in [0.25, 0.3) is 9.75 Å². The van der Waals surface area contributed by atoms with Crippen LogP contribution < -0.4 is 4.74 Å². The third kappa shape index (κ3) is 12.4. The lowest BCUT2D eigenvalue weighted by Gasteiger charge is -2.39. The summed E-state index contributed by atoms with van der Waals surface area (Å²) in [4.78, 5) is 2.79. The summed E-state index contributed by atoms with van der Waals surface area (Å²) >= 11 is 7.60. The van der Waals surface area contributed by atoms with Gasteiger partial charge in [0.15, 0.2) is 0 Å². The smallest absolute Gasteiger partial charge is 0.140 e. The van der Waals surface area contributed by atoms with E-state index in [4.69, 9.17) is 4.74 Å². The summed E-state index contributed by atoms with van der Waals surface area (Å²) < 4.78 is 8.35. The maximum atomic E-state index is 7.11. The van der Waals surface area contributed by atoms with E-state index in [-0.39, 0.29) is 5.60 Å². The first-order valence-corrected chi connectivity index (χ1v) is 20.5. The Morgan fingerprint density at radius 1 is 0.628 bits per heavy atom. The van der Waals surface area contributed by atoms with Crippen LogP contribution in [0.15, 0.2) is 21.3 Å². The van der Waals surface area contributed by atoms with Gasteiger partial charge in [0, 0.05) is 5.56 Å². The van der Waals surface area contributed by atoms with Crippen LogP contribution in [0.4, 0.5) is 0 Å². The molecule has 0 fully saturated rings. The van der Waals surface area contributed by atoms with Gasteiger partial charge in [0.1, 0.15) is 11.4 Å². The van der Waals surface area contributed by atoms with Gasteiger partial charge in [-0.3, -0.25) is 0 Å². The molecule has 0 aromatic carbocycles. The van der Waals surface area contributed by atoms with Crippen LogP contribution in [0.1, 0.15) is 164 Å². The van der Waals surface area contributed by atoms with Crippen LogP contribution in [0.3, 0.4) is 0 Å². The zero-order valence-electron chi connectivity index (χ0n) is 29.1. The lowest BCUT2D eigenvalue weighted by atomic mass is 9.78. The molecule has 5 atom stereocenters.